The van der Waals surface area contributed by atoms with Crippen LogP contribution in [0, 0.1) is 12.8 Å². The molecule has 0 amide bonds. The Morgan fingerprint density at radius 1 is 1.38 bits per heavy atom. The highest BCUT2D eigenvalue weighted by molar-refractivity contribution is 7.99. The van der Waals surface area contributed by atoms with Crippen molar-refractivity contribution in [2.75, 3.05) is 24.7 Å². The normalized spacial score (nSPS) is 11.0. The van der Waals surface area contributed by atoms with Gasteiger partial charge in [-0.3, -0.25) is 0 Å². The number of nitrogen functional groups attached to an aromatic ring is 1. The van der Waals surface area contributed by atoms with E-state index in [2.05, 4.69) is 26.8 Å². The minimum atomic E-state index is 0.610. The first kappa shape index (κ1) is 13.4. The molecular formula is C13H21NOS. The second kappa shape index (κ2) is 6.81. The van der Waals surface area contributed by atoms with Gasteiger partial charge in [-0.25, -0.2) is 0 Å². The van der Waals surface area contributed by atoms with E-state index in [1.54, 1.807) is 0 Å². The van der Waals surface area contributed by atoms with E-state index >= 15 is 0 Å². The molecule has 0 unspecified atom stereocenters. The lowest BCUT2D eigenvalue weighted by atomic mass is 10.2. The smallest absolute Gasteiger partial charge is 0.0560 e. The van der Waals surface area contributed by atoms with Crippen molar-refractivity contribution in [1.29, 1.82) is 0 Å². The summed E-state index contributed by atoms with van der Waals surface area (Å²) in [5.74, 6) is 1.59. The number of hydrogen-bond acceptors (Lipinski definition) is 3. The van der Waals surface area contributed by atoms with Crippen molar-refractivity contribution >= 4 is 17.4 Å². The Labute approximate surface area is 103 Å². The van der Waals surface area contributed by atoms with Gasteiger partial charge in [0.1, 0.15) is 0 Å². The van der Waals surface area contributed by atoms with Gasteiger partial charge in [0.25, 0.3) is 0 Å². The number of benzene rings is 1. The van der Waals surface area contributed by atoms with Crippen LogP contribution in [0.1, 0.15) is 19.4 Å². The second-order valence-corrected chi connectivity index (χ2v) is 5.42. The molecule has 3 heteroatoms. The number of nitrogens with two attached hydrogens (primary N) is 1. The van der Waals surface area contributed by atoms with Crippen molar-refractivity contribution in [3.63, 3.8) is 0 Å². The van der Waals surface area contributed by atoms with Crippen LogP contribution in [0.15, 0.2) is 23.1 Å². The van der Waals surface area contributed by atoms with Gasteiger partial charge in [0.05, 0.1) is 6.61 Å². The molecule has 0 aromatic heterocycles. The summed E-state index contributed by atoms with van der Waals surface area (Å²) in [5.41, 5.74) is 7.89. The first-order valence-corrected chi connectivity index (χ1v) is 6.65. The van der Waals surface area contributed by atoms with Crippen LogP contribution in [0.25, 0.3) is 0 Å². The molecule has 16 heavy (non-hydrogen) atoms. The van der Waals surface area contributed by atoms with Crippen molar-refractivity contribution in [1.82, 2.24) is 0 Å². The molecule has 0 saturated heterocycles. The minimum Gasteiger partial charge on any atom is -0.398 e. The fraction of sp³-hybridized carbons (Fsp3) is 0.538. The molecular weight excluding hydrogens is 218 g/mol. The Morgan fingerprint density at radius 2 is 2.12 bits per heavy atom. The van der Waals surface area contributed by atoms with Crippen LogP contribution >= 0.6 is 11.8 Å². The van der Waals surface area contributed by atoms with Crippen molar-refractivity contribution in [2.45, 2.75) is 25.7 Å². The molecule has 0 aliphatic heterocycles. The fourth-order valence-corrected chi connectivity index (χ4v) is 2.25. The largest absolute Gasteiger partial charge is 0.398 e. The van der Waals surface area contributed by atoms with E-state index in [4.69, 9.17) is 10.5 Å². The molecule has 1 aromatic rings. The number of hydrogen-bond donors (Lipinski definition) is 1. The van der Waals surface area contributed by atoms with Gasteiger partial charge in [-0.2, -0.15) is 0 Å². The molecule has 2 N–H and O–H groups in total. The monoisotopic (exact) mass is 239 g/mol. The van der Waals surface area contributed by atoms with Crippen LogP contribution in [0.2, 0.25) is 0 Å². The topological polar surface area (TPSA) is 35.2 Å². The van der Waals surface area contributed by atoms with Crippen LogP contribution in [-0.4, -0.2) is 19.0 Å². The maximum atomic E-state index is 5.85. The number of ether oxygens (including phenoxy) is 1. The van der Waals surface area contributed by atoms with Gasteiger partial charge in [-0.1, -0.05) is 19.9 Å². The molecule has 0 spiro atoms. The van der Waals surface area contributed by atoms with E-state index in [0.29, 0.717) is 5.92 Å². The Hall–Kier alpha value is -0.670. The van der Waals surface area contributed by atoms with Crippen LogP contribution in [-0.2, 0) is 4.74 Å². The SMILES string of the molecule is Cc1c(N)cccc1SCCOCC(C)C. The van der Waals surface area contributed by atoms with Crippen LogP contribution in [0.5, 0.6) is 0 Å². The van der Waals surface area contributed by atoms with E-state index in [1.807, 2.05) is 23.9 Å². The van der Waals surface area contributed by atoms with Gasteiger partial charge in [0, 0.05) is 22.9 Å². The lowest BCUT2D eigenvalue weighted by Gasteiger charge is -2.09. The Morgan fingerprint density at radius 3 is 2.81 bits per heavy atom. The molecule has 0 bridgehead atoms. The highest BCUT2D eigenvalue weighted by atomic mass is 32.2. The van der Waals surface area contributed by atoms with Crippen molar-refractivity contribution in [2.24, 2.45) is 5.92 Å². The maximum Gasteiger partial charge on any atom is 0.0560 e. The molecule has 0 atom stereocenters. The maximum absolute atomic E-state index is 5.85. The minimum absolute atomic E-state index is 0.610. The van der Waals surface area contributed by atoms with E-state index < -0.39 is 0 Å². The van der Waals surface area contributed by atoms with Crippen LogP contribution in [0.3, 0.4) is 0 Å². The van der Waals surface area contributed by atoms with Gasteiger partial charge >= 0.3 is 0 Å². The zero-order chi connectivity index (χ0) is 12.0. The van der Waals surface area contributed by atoms with Crippen molar-refractivity contribution in [3.05, 3.63) is 23.8 Å². The average Bonchev–Trinajstić information content (AvgIpc) is 2.23. The molecule has 1 rings (SSSR count). The van der Waals surface area contributed by atoms with Crippen LogP contribution < -0.4 is 5.73 Å². The molecule has 1 aromatic carbocycles. The van der Waals surface area contributed by atoms with E-state index in [9.17, 15) is 0 Å². The van der Waals surface area contributed by atoms with Gasteiger partial charge < -0.3 is 10.5 Å². The Kier molecular flexibility index (Phi) is 5.71. The van der Waals surface area contributed by atoms with E-state index in [-0.39, 0.29) is 0 Å². The predicted molar refractivity (Wildman–Crippen MR) is 72.0 cm³/mol. The summed E-state index contributed by atoms with van der Waals surface area (Å²) in [6, 6.07) is 6.05. The summed E-state index contributed by atoms with van der Waals surface area (Å²) in [4.78, 5) is 1.26. The highest BCUT2D eigenvalue weighted by Crippen LogP contribution is 2.25. The van der Waals surface area contributed by atoms with E-state index in [0.717, 1.165) is 24.7 Å². The lowest BCUT2D eigenvalue weighted by Crippen LogP contribution is -2.04. The average molecular weight is 239 g/mol. The summed E-state index contributed by atoms with van der Waals surface area (Å²) >= 11 is 1.81. The third kappa shape index (κ3) is 4.45. The number of rotatable bonds is 6. The molecule has 90 valence electrons. The summed E-state index contributed by atoms with van der Waals surface area (Å²) < 4.78 is 5.53. The fourth-order valence-electron chi connectivity index (χ4n) is 1.32. The van der Waals surface area contributed by atoms with Crippen molar-refractivity contribution < 1.29 is 4.74 Å². The summed E-state index contributed by atoms with van der Waals surface area (Å²) in [6.45, 7) is 8.03. The zero-order valence-electron chi connectivity index (χ0n) is 10.3. The second-order valence-electron chi connectivity index (χ2n) is 4.29. The van der Waals surface area contributed by atoms with Gasteiger partial charge in [-0.05, 0) is 30.5 Å². The van der Waals surface area contributed by atoms with E-state index in [1.165, 1.54) is 10.5 Å². The summed E-state index contributed by atoms with van der Waals surface area (Å²) in [6.07, 6.45) is 0. The Bertz CT molecular complexity index is 326. The predicted octanol–water partition coefficient (Wildman–Crippen LogP) is 3.34. The molecule has 0 aliphatic carbocycles. The zero-order valence-corrected chi connectivity index (χ0v) is 11.1. The first-order valence-electron chi connectivity index (χ1n) is 5.67. The van der Waals surface area contributed by atoms with Gasteiger partial charge in [-0.15, -0.1) is 11.8 Å². The summed E-state index contributed by atoms with van der Waals surface area (Å²) in [5, 5.41) is 0. The molecule has 0 heterocycles. The quantitative estimate of drug-likeness (QED) is 0.470. The molecule has 2 nitrogen and oxygen atoms in total. The highest BCUT2D eigenvalue weighted by Gasteiger charge is 2.01. The molecule has 0 aliphatic rings. The molecule has 0 saturated carbocycles. The third-order valence-electron chi connectivity index (χ3n) is 2.26. The molecule has 0 radical (unpaired) electrons. The first-order chi connectivity index (χ1) is 7.61. The number of thioether (sulfide) groups is 1. The van der Waals surface area contributed by atoms with Crippen LogP contribution in [0.4, 0.5) is 5.69 Å². The Balaban J connectivity index is 2.29. The molecule has 0 fully saturated rings. The van der Waals surface area contributed by atoms with Gasteiger partial charge in [0.2, 0.25) is 0 Å². The standard InChI is InChI=1S/C13H21NOS/c1-10(2)9-15-7-8-16-13-6-4-5-12(14)11(13)3/h4-6,10H,7-9,14H2,1-3H3. The van der Waals surface area contributed by atoms with Gasteiger partial charge in [0.15, 0.2) is 0 Å². The third-order valence-corrected chi connectivity index (χ3v) is 3.39. The summed E-state index contributed by atoms with van der Waals surface area (Å²) in [7, 11) is 0. The van der Waals surface area contributed by atoms with Crippen molar-refractivity contribution in [3.8, 4) is 0 Å². The number of anilines is 1. The lowest BCUT2D eigenvalue weighted by molar-refractivity contribution is 0.124.